The van der Waals surface area contributed by atoms with Crippen molar-refractivity contribution in [2.24, 2.45) is 0 Å². The van der Waals surface area contributed by atoms with Gasteiger partial charge in [0, 0.05) is 24.7 Å². The van der Waals surface area contributed by atoms with Gasteiger partial charge in [-0.05, 0) is 0 Å². The highest BCUT2D eigenvalue weighted by molar-refractivity contribution is 7.89. The summed E-state index contributed by atoms with van der Waals surface area (Å²) in [5.41, 5.74) is 0.767. The van der Waals surface area contributed by atoms with Crippen molar-refractivity contribution in [2.75, 3.05) is 0 Å². The highest BCUT2D eigenvalue weighted by Crippen LogP contribution is 2.06. The van der Waals surface area contributed by atoms with Gasteiger partial charge in [-0.25, -0.2) is 18.1 Å². The van der Waals surface area contributed by atoms with Gasteiger partial charge in [0.05, 0.1) is 12.4 Å². The fourth-order valence-electron chi connectivity index (χ4n) is 1.29. The van der Waals surface area contributed by atoms with Crippen molar-refractivity contribution in [3.63, 3.8) is 0 Å². The zero-order valence-electron chi connectivity index (χ0n) is 9.27. The summed E-state index contributed by atoms with van der Waals surface area (Å²) in [4.78, 5) is 6.70. The number of hydrogen-bond donors (Lipinski definition) is 3. The second kappa shape index (κ2) is 4.68. The Morgan fingerprint density at radius 1 is 1.41 bits per heavy atom. The maximum Gasteiger partial charge on any atom is 0.257 e. The van der Waals surface area contributed by atoms with Gasteiger partial charge in [0.15, 0.2) is 5.03 Å². The molecule has 0 amide bonds. The first kappa shape index (κ1) is 11.8. The Hall–Kier alpha value is -1.67. The van der Waals surface area contributed by atoms with Gasteiger partial charge in [0.2, 0.25) is 0 Å². The van der Waals surface area contributed by atoms with E-state index in [1.807, 2.05) is 6.92 Å². The van der Waals surface area contributed by atoms with Crippen LogP contribution in [0.5, 0.6) is 0 Å². The first-order chi connectivity index (χ1) is 8.12. The molecule has 2 aromatic rings. The molecule has 0 atom stereocenters. The van der Waals surface area contributed by atoms with Gasteiger partial charge in [-0.1, -0.05) is 6.92 Å². The lowest BCUT2D eigenvalue weighted by Gasteiger charge is -2.02. The number of H-pyrrole nitrogens is 2. The molecule has 0 fully saturated rings. The quantitative estimate of drug-likeness (QED) is 0.708. The molecule has 0 spiro atoms. The lowest BCUT2D eigenvalue weighted by molar-refractivity contribution is 0.578. The van der Waals surface area contributed by atoms with E-state index in [9.17, 15) is 8.42 Å². The Balaban J connectivity index is 2.08. The average molecular weight is 255 g/mol. The van der Waals surface area contributed by atoms with E-state index in [1.54, 1.807) is 12.4 Å². The standard InChI is InChI=1S/C9H13N5O2S/c1-2-8-10-6-9(14-8)17(15,16)13-5-7-3-11-12-4-7/h3-4,6,13H,2,5H2,1H3,(H,10,14)(H,11,12). The highest BCUT2D eigenvalue weighted by atomic mass is 32.2. The molecule has 0 aromatic carbocycles. The number of rotatable bonds is 5. The topological polar surface area (TPSA) is 104 Å². The second-order valence-corrected chi connectivity index (χ2v) is 5.21. The fraction of sp³-hybridized carbons (Fsp3) is 0.333. The number of aryl methyl sites for hydroxylation is 1. The predicted octanol–water partition coefficient (Wildman–Crippen LogP) is 0.174. The molecule has 8 heteroatoms. The maximum absolute atomic E-state index is 11.8. The first-order valence-electron chi connectivity index (χ1n) is 5.13. The number of sulfonamides is 1. The Kier molecular flexibility index (Phi) is 3.25. The van der Waals surface area contributed by atoms with E-state index in [0.29, 0.717) is 12.2 Å². The van der Waals surface area contributed by atoms with Crippen LogP contribution in [0.15, 0.2) is 23.6 Å². The monoisotopic (exact) mass is 255 g/mol. The van der Waals surface area contributed by atoms with E-state index in [2.05, 4.69) is 24.9 Å². The number of aromatic amines is 2. The van der Waals surface area contributed by atoms with Crippen LogP contribution in [0, 0.1) is 0 Å². The summed E-state index contributed by atoms with van der Waals surface area (Å²) in [5, 5.41) is 6.43. The van der Waals surface area contributed by atoms with Crippen molar-refractivity contribution in [1.82, 2.24) is 24.9 Å². The molecule has 0 aliphatic heterocycles. The number of aromatic nitrogens is 4. The van der Waals surface area contributed by atoms with Crippen molar-refractivity contribution >= 4 is 10.0 Å². The Labute approximate surface area is 98.7 Å². The van der Waals surface area contributed by atoms with E-state index in [0.717, 1.165) is 5.56 Å². The smallest absolute Gasteiger partial charge is 0.257 e. The number of imidazole rings is 1. The summed E-state index contributed by atoms with van der Waals surface area (Å²) in [6.45, 7) is 2.09. The summed E-state index contributed by atoms with van der Waals surface area (Å²) in [6, 6.07) is 0. The molecule has 0 saturated carbocycles. The fourth-order valence-corrected chi connectivity index (χ4v) is 2.25. The van der Waals surface area contributed by atoms with Gasteiger partial charge >= 0.3 is 0 Å². The third kappa shape index (κ3) is 2.71. The molecular weight excluding hydrogens is 242 g/mol. The van der Waals surface area contributed by atoms with E-state index in [-0.39, 0.29) is 11.6 Å². The molecular formula is C9H13N5O2S. The Morgan fingerprint density at radius 3 is 2.82 bits per heavy atom. The predicted molar refractivity (Wildman–Crippen MR) is 60.6 cm³/mol. The summed E-state index contributed by atoms with van der Waals surface area (Å²) < 4.78 is 26.1. The van der Waals surface area contributed by atoms with Gasteiger partial charge in [-0.2, -0.15) is 5.10 Å². The number of hydrogen-bond acceptors (Lipinski definition) is 4. The molecule has 0 saturated heterocycles. The van der Waals surface area contributed by atoms with Crippen LogP contribution in [0.25, 0.3) is 0 Å². The molecule has 0 bridgehead atoms. The largest absolute Gasteiger partial charge is 0.332 e. The van der Waals surface area contributed by atoms with Crippen LogP contribution in [0.1, 0.15) is 18.3 Å². The van der Waals surface area contributed by atoms with Crippen molar-refractivity contribution in [1.29, 1.82) is 0 Å². The molecule has 2 heterocycles. The normalized spacial score (nSPS) is 11.8. The summed E-state index contributed by atoms with van der Waals surface area (Å²) in [6.07, 6.45) is 5.17. The molecule has 0 aliphatic rings. The molecule has 2 rings (SSSR count). The SMILES string of the molecule is CCc1ncc(S(=O)(=O)NCc2cn[nH]c2)[nH]1. The first-order valence-corrected chi connectivity index (χ1v) is 6.61. The molecule has 0 unspecified atom stereocenters. The minimum absolute atomic E-state index is 0.0813. The Morgan fingerprint density at radius 2 is 2.24 bits per heavy atom. The summed E-state index contributed by atoms with van der Waals surface area (Å²) >= 11 is 0. The molecule has 0 aliphatic carbocycles. The highest BCUT2D eigenvalue weighted by Gasteiger charge is 2.16. The van der Waals surface area contributed by atoms with E-state index < -0.39 is 10.0 Å². The molecule has 7 nitrogen and oxygen atoms in total. The number of nitrogens with zero attached hydrogens (tertiary/aromatic N) is 2. The minimum atomic E-state index is -3.54. The molecule has 0 radical (unpaired) electrons. The van der Waals surface area contributed by atoms with E-state index >= 15 is 0 Å². The third-order valence-corrected chi connectivity index (χ3v) is 3.56. The zero-order valence-corrected chi connectivity index (χ0v) is 10.1. The van der Waals surface area contributed by atoms with E-state index in [1.165, 1.54) is 6.20 Å². The lowest BCUT2D eigenvalue weighted by atomic mass is 10.4. The molecule has 92 valence electrons. The van der Waals surface area contributed by atoms with Crippen molar-refractivity contribution in [3.8, 4) is 0 Å². The maximum atomic E-state index is 11.8. The van der Waals surface area contributed by atoms with Crippen molar-refractivity contribution in [2.45, 2.75) is 24.9 Å². The van der Waals surface area contributed by atoms with Gasteiger partial charge < -0.3 is 4.98 Å². The average Bonchev–Trinajstić information content (AvgIpc) is 2.98. The summed E-state index contributed by atoms with van der Waals surface area (Å²) in [7, 11) is -3.54. The van der Waals surface area contributed by atoms with Crippen LogP contribution >= 0.6 is 0 Å². The van der Waals surface area contributed by atoms with Gasteiger partial charge in [-0.15, -0.1) is 0 Å². The lowest BCUT2D eigenvalue weighted by Crippen LogP contribution is -2.23. The summed E-state index contributed by atoms with van der Waals surface area (Å²) in [5.74, 6) is 0.647. The van der Waals surface area contributed by atoms with Crippen LogP contribution < -0.4 is 4.72 Å². The molecule has 2 aromatic heterocycles. The Bertz CT molecular complexity index is 572. The van der Waals surface area contributed by atoms with Crippen LogP contribution in [-0.4, -0.2) is 28.6 Å². The number of nitrogens with one attached hydrogen (secondary N) is 3. The third-order valence-electron chi connectivity index (χ3n) is 2.25. The minimum Gasteiger partial charge on any atom is -0.332 e. The van der Waals surface area contributed by atoms with E-state index in [4.69, 9.17) is 0 Å². The van der Waals surface area contributed by atoms with Crippen LogP contribution in [-0.2, 0) is 23.0 Å². The van der Waals surface area contributed by atoms with Gasteiger partial charge in [0.25, 0.3) is 10.0 Å². The van der Waals surface area contributed by atoms with Crippen LogP contribution in [0.2, 0.25) is 0 Å². The second-order valence-electron chi connectivity index (χ2n) is 3.48. The van der Waals surface area contributed by atoms with Gasteiger partial charge in [0.1, 0.15) is 5.82 Å². The van der Waals surface area contributed by atoms with Crippen molar-refractivity contribution in [3.05, 3.63) is 30.0 Å². The van der Waals surface area contributed by atoms with Crippen molar-refractivity contribution < 1.29 is 8.42 Å². The molecule has 17 heavy (non-hydrogen) atoms. The molecule has 3 N–H and O–H groups in total. The van der Waals surface area contributed by atoms with Crippen LogP contribution in [0.3, 0.4) is 0 Å². The zero-order chi connectivity index (χ0) is 12.3. The van der Waals surface area contributed by atoms with Gasteiger partial charge in [-0.3, -0.25) is 5.10 Å². The van der Waals surface area contributed by atoms with Crippen LogP contribution in [0.4, 0.5) is 0 Å².